The van der Waals surface area contributed by atoms with E-state index in [1.165, 1.54) is 12.8 Å². The van der Waals surface area contributed by atoms with E-state index in [0.29, 0.717) is 12.0 Å². The normalized spacial score (nSPS) is 21.7. The summed E-state index contributed by atoms with van der Waals surface area (Å²) >= 11 is 0. The van der Waals surface area contributed by atoms with Crippen molar-refractivity contribution in [1.29, 1.82) is 0 Å². The third-order valence-corrected chi connectivity index (χ3v) is 4.71. The van der Waals surface area contributed by atoms with E-state index in [0.717, 1.165) is 49.3 Å². The minimum Gasteiger partial charge on any atom is -0.424 e. The van der Waals surface area contributed by atoms with Gasteiger partial charge < -0.3 is 9.32 Å². The molecule has 1 aliphatic heterocycles. The molecule has 1 unspecified atom stereocenters. The molecular weight excluding hydrogens is 292 g/mol. The van der Waals surface area contributed by atoms with Crippen molar-refractivity contribution in [2.75, 3.05) is 25.0 Å². The van der Waals surface area contributed by atoms with Crippen molar-refractivity contribution >= 4 is 5.82 Å². The summed E-state index contributed by atoms with van der Waals surface area (Å²) in [6.45, 7) is 4.76. The van der Waals surface area contributed by atoms with Crippen LogP contribution in [0.1, 0.15) is 42.7 Å². The van der Waals surface area contributed by atoms with Crippen molar-refractivity contribution in [3.63, 3.8) is 0 Å². The van der Waals surface area contributed by atoms with Gasteiger partial charge >= 0.3 is 0 Å². The van der Waals surface area contributed by atoms with E-state index in [4.69, 9.17) is 4.42 Å². The molecular formula is C16H22N6O. The minimum absolute atomic E-state index is 0.454. The predicted molar refractivity (Wildman–Crippen MR) is 85.1 cm³/mol. The fourth-order valence-electron chi connectivity index (χ4n) is 3.11. The van der Waals surface area contributed by atoms with Crippen molar-refractivity contribution in [3.8, 4) is 0 Å². The fraction of sp³-hybridized carbons (Fsp3) is 0.625. The Morgan fingerprint density at radius 2 is 2.13 bits per heavy atom. The van der Waals surface area contributed by atoms with Gasteiger partial charge in [0.25, 0.3) is 0 Å². The predicted octanol–water partition coefficient (Wildman–Crippen LogP) is 1.76. The highest BCUT2D eigenvalue weighted by Gasteiger charge is 2.31. The maximum absolute atomic E-state index is 5.77. The molecule has 0 spiro atoms. The lowest BCUT2D eigenvalue weighted by Crippen LogP contribution is -2.35. The minimum atomic E-state index is 0.454. The highest BCUT2D eigenvalue weighted by Crippen LogP contribution is 2.39. The first kappa shape index (κ1) is 14.6. The smallest absolute Gasteiger partial charge is 0.230 e. The summed E-state index contributed by atoms with van der Waals surface area (Å²) in [5, 5.41) is 8.35. The summed E-state index contributed by atoms with van der Waals surface area (Å²) in [6.07, 6.45) is 5.13. The second-order valence-electron chi connectivity index (χ2n) is 6.61. The van der Waals surface area contributed by atoms with Crippen LogP contribution in [0.5, 0.6) is 0 Å². The zero-order valence-electron chi connectivity index (χ0n) is 13.6. The average Bonchev–Trinajstić information content (AvgIpc) is 3.12. The molecule has 1 saturated carbocycles. The number of aryl methyl sites for hydroxylation is 1. The van der Waals surface area contributed by atoms with Crippen LogP contribution >= 0.6 is 0 Å². The lowest BCUT2D eigenvalue weighted by atomic mass is 10.2. The number of hydrogen-bond donors (Lipinski definition) is 0. The summed E-state index contributed by atoms with van der Waals surface area (Å²) in [6, 6.07) is 2.48. The molecule has 2 aromatic heterocycles. The van der Waals surface area contributed by atoms with Crippen LogP contribution in [0.25, 0.3) is 0 Å². The van der Waals surface area contributed by atoms with E-state index >= 15 is 0 Å². The van der Waals surface area contributed by atoms with Crippen LogP contribution < -0.4 is 4.90 Å². The number of nitrogens with zero attached hydrogens (tertiary/aromatic N) is 6. The SMILES string of the molecule is Cc1cc(N(C)C2CCN(Cc3nnc(C4CC4)o3)C2)ncn1. The molecule has 2 aliphatic rings. The number of hydrogen-bond acceptors (Lipinski definition) is 7. The number of likely N-dealkylation sites (N-methyl/N-ethyl adjacent to an activating group) is 1. The lowest BCUT2D eigenvalue weighted by Gasteiger charge is -2.25. The first-order chi connectivity index (χ1) is 11.2. The molecule has 0 bridgehead atoms. The Balaban J connectivity index is 1.36. The molecule has 23 heavy (non-hydrogen) atoms. The number of aromatic nitrogens is 4. The first-order valence-corrected chi connectivity index (χ1v) is 8.25. The Bertz CT molecular complexity index is 683. The monoisotopic (exact) mass is 314 g/mol. The second kappa shape index (κ2) is 5.88. The van der Waals surface area contributed by atoms with Crippen LogP contribution in [-0.2, 0) is 6.54 Å². The van der Waals surface area contributed by atoms with Gasteiger partial charge in [0.1, 0.15) is 12.1 Å². The number of rotatable bonds is 5. The Morgan fingerprint density at radius 3 is 2.91 bits per heavy atom. The van der Waals surface area contributed by atoms with Crippen LogP contribution in [0.15, 0.2) is 16.8 Å². The van der Waals surface area contributed by atoms with Gasteiger partial charge in [0.05, 0.1) is 6.54 Å². The summed E-state index contributed by atoms with van der Waals surface area (Å²) in [5.41, 5.74) is 0.996. The average molecular weight is 314 g/mol. The van der Waals surface area contributed by atoms with E-state index < -0.39 is 0 Å². The van der Waals surface area contributed by atoms with Gasteiger partial charge in [0, 0.05) is 43.9 Å². The zero-order chi connectivity index (χ0) is 15.8. The molecule has 0 amide bonds. The number of anilines is 1. The summed E-state index contributed by atoms with van der Waals surface area (Å²) in [5.74, 6) is 3.07. The summed E-state index contributed by atoms with van der Waals surface area (Å²) < 4.78 is 5.77. The van der Waals surface area contributed by atoms with Crippen molar-refractivity contribution in [2.24, 2.45) is 0 Å². The van der Waals surface area contributed by atoms with Crippen molar-refractivity contribution in [1.82, 2.24) is 25.1 Å². The van der Waals surface area contributed by atoms with Crippen molar-refractivity contribution < 1.29 is 4.42 Å². The third-order valence-electron chi connectivity index (χ3n) is 4.71. The van der Waals surface area contributed by atoms with E-state index in [2.05, 4.69) is 37.0 Å². The molecule has 7 heteroatoms. The largest absolute Gasteiger partial charge is 0.424 e. The Hall–Kier alpha value is -2.02. The molecule has 122 valence electrons. The molecule has 0 radical (unpaired) electrons. The van der Waals surface area contributed by atoms with Gasteiger partial charge in [-0.25, -0.2) is 9.97 Å². The van der Waals surface area contributed by atoms with Crippen molar-refractivity contribution in [2.45, 2.75) is 44.7 Å². The Labute approximate surface area is 135 Å². The summed E-state index contributed by atoms with van der Waals surface area (Å²) in [4.78, 5) is 13.2. The maximum atomic E-state index is 5.77. The van der Waals surface area contributed by atoms with Crippen LogP contribution in [-0.4, -0.2) is 51.2 Å². The molecule has 2 aromatic rings. The molecule has 4 rings (SSSR count). The van der Waals surface area contributed by atoms with Crippen LogP contribution in [0, 0.1) is 6.92 Å². The Morgan fingerprint density at radius 1 is 1.26 bits per heavy atom. The molecule has 0 N–H and O–H groups in total. The topological polar surface area (TPSA) is 71.2 Å². The molecule has 1 atom stereocenters. The van der Waals surface area contributed by atoms with Gasteiger partial charge in [-0.2, -0.15) is 0 Å². The molecule has 1 saturated heterocycles. The lowest BCUT2D eigenvalue weighted by molar-refractivity contribution is 0.282. The Kier molecular flexibility index (Phi) is 3.72. The molecule has 3 heterocycles. The van der Waals surface area contributed by atoms with Gasteiger partial charge in [-0.3, -0.25) is 4.90 Å². The highest BCUT2D eigenvalue weighted by atomic mass is 16.4. The molecule has 0 aromatic carbocycles. The molecule has 1 aliphatic carbocycles. The quantitative estimate of drug-likeness (QED) is 0.832. The van der Waals surface area contributed by atoms with Crippen LogP contribution in [0.2, 0.25) is 0 Å². The van der Waals surface area contributed by atoms with Gasteiger partial charge in [-0.05, 0) is 26.2 Å². The van der Waals surface area contributed by atoms with Gasteiger partial charge in [-0.1, -0.05) is 0 Å². The van der Waals surface area contributed by atoms with Gasteiger partial charge in [0.2, 0.25) is 11.8 Å². The van der Waals surface area contributed by atoms with Crippen LogP contribution in [0.4, 0.5) is 5.82 Å². The number of likely N-dealkylation sites (tertiary alicyclic amines) is 1. The fourth-order valence-corrected chi connectivity index (χ4v) is 3.11. The standard InChI is InChI=1S/C16H22N6O/c1-11-7-14(18-10-17-11)21(2)13-5-6-22(8-13)9-15-19-20-16(23-15)12-3-4-12/h7,10,12-13H,3-6,8-9H2,1-2H3. The first-order valence-electron chi connectivity index (χ1n) is 8.25. The van der Waals surface area contributed by atoms with Crippen LogP contribution in [0.3, 0.4) is 0 Å². The highest BCUT2D eigenvalue weighted by molar-refractivity contribution is 5.39. The zero-order valence-corrected chi connectivity index (χ0v) is 13.6. The second-order valence-corrected chi connectivity index (χ2v) is 6.61. The van der Waals surface area contributed by atoms with Gasteiger partial charge in [0.15, 0.2) is 0 Å². The molecule has 7 nitrogen and oxygen atoms in total. The van der Waals surface area contributed by atoms with E-state index in [-0.39, 0.29) is 0 Å². The maximum Gasteiger partial charge on any atom is 0.230 e. The third kappa shape index (κ3) is 3.19. The molecule has 2 fully saturated rings. The van der Waals surface area contributed by atoms with E-state index in [1.54, 1.807) is 6.33 Å². The van der Waals surface area contributed by atoms with Gasteiger partial charge in [-0.15, -0.1) is 10.2 Å². The van der Waals surface area contributed by atoms with Crippen molar-refractivity contribution in [3.05, 3.63) is 29.9 Å². The van der Waals surface area contributed by atoms with E-state index in [1.807, 2.05) is 13.0 Å². The summed E-state index contributed by atoms with van der Waals surface area (Å²) in [7, 11) is 2.10. The van der Waals surface area contributed by atoms with E-state index in [9.17, 15) is 0 Å².